The number of aliphatic hydroxyl groups is 1. The molecule has 7 nitrogen and oxygen atoms in total. The van der Waals surface area contributed by atoms with Crippen LogP contribution in [0.4, 0.5) is 0 Å². The van der Waals surface area contributed by atoms with Gasteiger partial charge in [-0.25, -0.2) is 0 Å². The van der Waals surface area contributed by atoms with Crippen LogP contribution in [-0.2, 0) is 10.4 Å². The summed E-state index contributed by atoms with van der Waals surface area (Å²) in [5.41, 5.74) is 2.07. The highest BCUT2D eigenvalue weighted by Gasteiger charge is 2.36. The quantitative estimate of drug-likeness (QED) is 0.276. The lowest BCUT2D eigenvalue weighted by Gasteiger charge is -2.38. The van der Waals surface area contributed by atoms with Crippen molar-refractivity contribution in [2.75, 3.05) is 20.2 Å². The lowest BCUT2D eigenvalue weighted by atomic mass is 9.84. The maximum atomic E-state index is 13.8. The maximum absolute atomic E-state index is 13.8. The molecule has 2 heterocycles. The Morgan fingerprint density at radius 2 is 1.76 bits per heavy atom. The molecule has 4 aromatic rings. The van der Waals surface area contributed by atoms with Crippen LogP contribution in [0.2, 0.25) is 0 Å². The van der Waals surface area contributed by atoms with E-state index in [0.29, 0.717) is 37.2 Å². The fourth-order valence-electron chi connectivity index (χ4n) is 4.76. The number of methoxy groups -OCH3 is 1. The van der Waals surface area contributed by atoms with Crippen molar-refractivity contribution in [2.24, 2.45) is 0 Å². The predicted molar refractivity (Wildman–Crippen MR) is 151 cm³/mol. The molecule has 1 aromatic heterocycles. The number of amides is 2. The lowest BCUT2D eigenvalue weighted by molar-refractivity contribution is -0.131. The SMILES string of the molecule is COc1ccc2[nH]cc(C=C(NC(=O)c3ccccc3)C(=O)N3CCC(O)(c4ccc(Br)cc4)CC3)c2c1. The topological polar surface area (TPSA) is 94.7 Å². The van der Waals surface area contributed by atoms with Gasteiger partial charge in [0.05, 0.1) is 12.7 Å². The first-order valence-electron chi connectivity index (χ1n) is 12.4. The zero-order valence-corrected chi connectivity index (χ0v) is 22.5. The monoisotopic (exact) mass is 573 g/mol. The third-order valence-corrected chi connectivity index (χ3v) is 7.52. The number of halogens is 1. The second-order valence-corrected chi connectivity index (χ2v) is 10.3. The molecule has 1 saturated heterocycles. The van der Waals surface area contributed by atoms with Gasteiger partial charge in [0.1, 0.15) is 11.4 Å². The van der Waals surface area contributed by atoms with Gasteiger partial charge in [0.25, 0.3) is 11.8 Å². The van der Waals surface area contributed by atoms with E-state index in [1.54, 1.807) is 48.5 Å². The summed E-state index contributed by atoms with van der Waals surface area (Å²) in [6, 6.07) is 22.0. The van der Waals surface area contributed by atoms with E-state index in [-0.39, 0.29) is 17.5 Å². The minimum absolute atomic E-state index is 0.164. The number of rotatable bonds is 6. The largest absolute Gasteiger partial charge is 0.497 e. The number of carbonyl (C=O) groups excluding carboxylic acids is 2. The zero-order valence-electron chi connectivity index (χ0n) is 20.9. The van der Waals surface area contributed by atoms with Gasteiger partial charge in [0.15, 0.2) is 0 Å². The van der Waals surface area contributed by atoms with Crippen molar-refractivity contribution in [2.45, 2.75) is 18.4 Å². The van der Waals surface area contributed by atoms with Crippen LogP contribution in [0.1, 0.15) is 34.3 Å². The molecule has 3 N–H and O–H groups in total. The summed E-state index contributed by atoms with van der Waals surface area (Å²) < 4.78 is 6.31. The molecule has 38 heavy (non-hydrogen) atoms. The lowest BCUT2D eigenvalue weighted by Crippen LogP contribution is -2.47. The number of carbonyl (C=O) groups is 2. The highest BCUT2D eigenvalue weighted by molar-refractivity contribution is 9.10. The number of H-pyrrole nitrogens is 1. The molecule has 0 unspecified atom stereocenters. The number of hydrogen-bond acceptors (Lipinski definition) is 4. The van der Waals surface area contributed by atoms with Crippen LogP contribution in [0.25, 0.3) is 17.0 Å². The van der Waals surface area contributed by atoms with Gasteiger partial charge in [-0.2, -0.15) is 0 Å². The Morgan fingerprint density at radius 1 is 1.05 bits per heavy atom. The molecule has 2 amide bonds. The molecular formula is C30H28BrN3O4. The molecule has 0 atom stereocenters. The second kappa shape index (κ2) is 10.8. The Morgan fingerprint density at radius 3 is 2.45 bits per heavy atom. The second-order valence-electron chi connectivity index (χ2n) is 9.36. The van der Waals surface area contributed by atoms with Crippen molar-refractivity contribution in [3.05, 3.63) is 106 Å². The number of piperidine rings is 1. The van der Waals surface area contributed by atoms with Gasteiger partial charge in [-0.1, -0.05) is 46.3 Å². The van der Waals surface area contributed by atoms with E-state index < -0.39 is 5.60 Å². The molecule has 0 aliphatic carbocycles. The molecule has 1 aliphatic rings. The number of hydrogen-bond donors (Lipinski definition) is 3. The van der Waals surface area contributed by atoms with Crippen molar-refractivity contribution in [1.29, 1.82) is 0 Å². The molecular weight excluding hydrogens is 546 g/mol. The van der Waals surface area contributed by atoms with E-state index in [2.05, 4.69) is 26.2 Å². The highest BCUT2D eigenvalue weighted by atomic mass is 79.9. The van der Waals surface area contributed by atoms with Gasteiger partial charge in [0.2, 0.25) is 0 Å². The molecule has 0 spiro atoms. The molecule has 0 bridgehead atoms. The smallest absolute Gasteiger partial charge is 0.270 e. The summed E-state index contributed by atoms with van der Waals surface area (Å²) in [4.78, 5) is 31.7. The summed E-state index contributed by atoms with van der Waals surface area (Å²) in [7, 11) is 1.60. The first-order chi connectivity index (χ1) is 18.4. The minimum atomic E-state index is -1.01. The van der Waals surface area contributed by atoms with E-state index in [0.717, 1.165) is 26.5 Å². The Labute approximate surface area is 229 Å². The van der Waals surface area contributed by atoms with Gasteiger partial charge in [0, 0.05) is 45.8 Å². The van der Waals surface area contributed by atoms with Crippen LogP contribution in [0.3, 0.4) is 0 Å². The van der Waals surface area contributed by atoms with Crippen molar-refractivity contribution in [3.8, 4) is 5.75 Å². The number of ether oxygens (including phenoxy) is 1. The van der Waals surface area contributed by atoms with Gasteiger partial charge in [-0.3, -0.25) is 9.59 Å². The Kier molecular flexibility index (Phi) is 7.35. The molecule has 3 aromatic carbocycles. The van der Waals surface area contributed by atoms with Gasteiger partial charge >= 0.3 is 0 Å². The number of benzene rings is 3. The molecule has 8 heteroatoms. The number of nitrogens with zero attached hydrogens (tertiary/aromatic N) is 1. The molecule has 0 radical (unpaired) electrons. The molecule has 194 valence electrons. The Balaban J connectivity index is 1.43. The third-order valence-electron chi connectivity index (χ3n) is 6.99. The first kappa shape index (κ1) is 25.8. The van der Waals surface area contributed by atoms with Crippen LogP contribution in [0, 0.1) is 0 Å². The van der Waals surface area contributed by atoms with Crippen molar-refractivity contribution in [1.82, 2.24) is 15.2 Å². The van der Waals surface area contributed by atoms with Crippen molar-refractivity contribution < 1.29 is 19.4 Å². The average Bonchev–Trinajstić information content (AvgIpc) is 3.35. The van der Waals surface area contributed by atoms with Crippen LogP contribution in [0.15, 0.2) is 89.2 Å². The average molecular weight is 574 g/mol. The Hall–Kier alpha value is -3.88. The fourth-order valence-corrected chi connectivity index (χ4v) is 5.02. The summed E-state index contributed by atoms with van der Waals surface area (Å²) in [6.45, 7) is 0.706. The van der Waals surface area contributed by atoms with E-state index in [4.69, 9.17) is 4.74 Å². The molecule has 1 fully saturated rings. The van der Waals surface area contributed by atoms with Crippen LogP contribution >= 0.6 is 15.9 Å². The van der Waals surface area contributed by atoms with Gasteiger partial charge in [-0.15, -0.1) is 0 Å². The van der Waals surface area contributed by atoms with Gasteiger partial charge < -0.3 is 25.0 Å². The summed E-state index contributed by atoms with van der Waals surface area (Å²) in [5, 5.41) is 15.0. The number of nitrogens with one attached hydrogen (secondary N) is 2. The standard InChI is InChI=1S/C30H28BrN3O4/c1-38-24-11-12-26-25(18-24)21(19-32-26)17-27(33-28(35)20-5-3-2-4-6-20)29(36)34-15-13-30(37,14-16-34)22-7-9-23(31)10-8-22/h2-12,17-19,32,37H,13-16H2,1H3,(H,33,35). The van der Waals surface area contributed by atoms with E-state index in [1.807, 2.05) is 48.5 Å². The van der Waals surface area contributed by atoms with Crippen LogP contribution in [0.5, 0.6) is 5.75 Å². The van der Waals surface area contributed by atoms with Crippen molar-refractivity contribution in [3.63, 3.8) is 0 Å². The number of fused-ring (bicyclic) bond motifs is 1. The highest BCUT2D eigenvalue weighted by Crippen LogP contribution is 2.34. The number of aromatic nitrogens is 1. The molecule has 0 saturated carbocycles. The van der Waals surface area contributed by atoms with Crippen LogP contribution < -0.4 is 10.1 Å². The zero-order chi connectivity index (χ0) is 26.7. The molecule has 1 aliphatic heterocycles. The van der Waals surface area contributed by atoms with Crippen molar-refractivity contribution >= 4 is 44.7 Å². The van der Waals surface area contributed by atoms with Crippen LogP contribution in [-0.4, -0.2) is 47.0 Å². The van der Waals surface area contributed by atoms with E-state index in [9.17, 15) is 14.7 Å². The first-order valence-corrected chi connectivity index (χ1v) is 13.2. The Bertz CT molecular complexity index is 1490. The predicted octanol–water partition coefficient (Wildman–Crippen LogP) is 5.22. The normalized spacial score (nSPS) is 15.3. The van der Waals surface area contributed by atoms with E-state index in [1.165, 1.54) is 0 Å². The van der Waals surface area contributed by atoms with Gasteiger partial charge in [-0.05, 0) is 66.9 Å². The summed E-state index contributed by atoms with van der Waals surface area (Å²) in [6.07, 6.45) is 4.28. The molecule has 5 rings (SSSR count). The number of aromatic amines is 1. The third kappa shape index (κ3) is 5.37. The summed E-state index contributed by atoms with van der Waals surface area (Å²) >= 11 is 3.43. The minimum Gasteiger partial charge on any atom is -0.497 e. The summed E-state index contributed by atoms with van der Waals surface area (Å²) in [5.74, 6) is 0.0200. The maximum Gasteiger partial charge on any atom is 0.270 e. The fraction of sp³-hybridized carbons (Fsp3) is 0.200. The van der Waals surface area contributed by atoms with E-state index >= 15 is 0 Å². The number of likely N-dealkylation sites (tertiary alicyclic amines) is 1.